The molecular weight excluding hydrogens is 294 g/mol. The molecule has 0 bridgehead atoms. The molecule has 22 heavy (non-hydrogen) atoms. The van der Waals surface area contributed by atoms with E-state index in [2.05, 4.69) is 46.9 Å². The highest BCUT2D eigenvalue weighted by molar-refractivity contribution is 7.14. The van der Waals surface area contributed by atoms with Gasteiger partial charge in [-0.15, -0.1) is 11.3 Å². The van der Waals surface area contributed by atoms with Crippen LogP contribution in [-0.2, 0) is 11.0 Å². The molecule has 120 valence electrons. The number of carbonyl (C=O) groups is 1. The van der Waals surface area contributed by atoms with Gasteiger partial charge in [0.15, 0.2) is 0 Å². The molecule has 0 unspecified atom stereocenters. The zero-order chi connectivity index (χ0) is 16.7. The molecule has 0 atom stereocenters. The lowest BCUT2D eigenvalue weighted by atomic mass is 9.92. The fraction of sp³-hybridized carbons (Fsp3) is 0.529. The molecule has 0 saturated carbocycles. The minimum absolute atomic E-state index is 0.0600. The third-order valence-electron chi connectivity index (χ3n) is 3.32. The van der Waals surface area contributed by atoms with Gasteiger partial charge in [-0.1, -0.05) is 20.8 Å². The summed E-state index contributed by atoms with van der Waals surface area (Å²) >= 11 is 1.50. The summed E-state index contributed by atoms with van der Waals surface area (Å²) in [5, 5.41) is 7.72. The maximum atomic E-state index is 12.4. The van der Waals surface area contributed by atoms with Gasteiger partial charge in [-0.3, -0.25) is 4.79 Å². The third kappa shape index (κ3) is 3.58. The standard InChI is InChI=1S/C17H25N3OS/c1-11-8-9-12(22-11)15(21)18-14-10-13(16(2,3)4)19-20(14)17(5,6)7/h8-10H,1-7H3,(H,18,21). The summed E-state index contributed by atoms with van der Waals surface area (Å²) in [6.07, 6.45) is 0. The molecule has 0 fully saturated rings. The Hall–Kier alpha value is -1.62. The van der Waals surface area contributed by atoms with Gasteiger partial charge < -0.3 is 5.32 Å². The minimum atomic E-state index is -0.197. The van der Waals surface area contributed by atoms with Crippen LogP contribution < -0.4 is 5.32 Å². The number of amides is 1. The van der Waals surface area contributed by atoms with E-state index in [1.807, 2.05) is 29.8 Å². The molecule has 4 nitrogen and oxygen atoms in total. The van der Waals surface area contributed by atoms with Gasteiger partial charge in [0.05, 0.1) is 16.1 Å². The Morgan fingerprint density at radius 2 is 1.82 bits per heavy atom. The van der Waals surface area contributed by atoms with Crippen molar-refractivity contribution in [2.24, 2.45) is 0 Å². The third-order valence-corrected chi connectivity index (χ3v) is 4.32. The quantitative estimate of drug-likeness (QED) is 0.882. The predicted octanol–water partition coefficient (Wildman–Crippen LogP) is 4.56. The summed E-state index contributed by atoms with van der Waals surface area (Å²) < 4.78 is 1.89. The second-order valence-corrected chi connectivity index (χ2v) is 8.90. The zero-order valence-electron chi connectivity index (χ0n) is 14.4. The van der Waals surface area contributed by atoms with E-state index >= 15 is 0 Å². The molecule has 0 radical (unpaired) electrons. The first kappa shape index (κ1) is 16.7. The molecule has 1 amide bonds. The average molecular weight is 319 g/mol. The van der Waals surface area contributed by atoms with Gasteiger partial charge in [-0.05, 0) is 39.8 Å². The second-order valence-electron chi connectivity index (χ2n) is 7.61. The number of hydrogen-bond acceptors (Lipinski definition) is 3. The molecule has 1 N–H and O–H groups in total. The number of nitrogens with zero attached hydrogens (tertiary/aromatic N) is 2. The van der Waals surface area contributed by atoms with E-state index in [4.69, 9.17) is 5.10 Å². The van der Waals surface area contributed by atoms with E-state index in [9.17, 15) is 4.79 Å². The van der Waals surface area contributed by atoms with Crippen molar-refractivity contribution in [2.75, 3.05) is 5.32 Å². The average Bonchev–Trinajstić information content (AvgIpc) is 2.93. The monoisotopic (exact) mass is 319 g/mol. The number of thiophene rings is 1. The normalized spacial score (nSPS) is 12.5. The first-order valence-corrected chi connectivity index (χ1v) is 8.29. The van der Waals surface area contributed by atoms with Crippen LogP contribution in [0.1, 0.15) is 61.8 Å². The van der Waals surface area contributed by atoms with Crippen LogP contribution in [0.4, 0.5) is 5.82 Å². The van der Waals surface area contributed by atoms with E-state index in [0.29, 0.717) is 0 Å². The van der Waals surface area contributed by atoms with Crippen LogP contribution >= 0.6 is 11.3 Å². The molecule has 5 heteroatoms. The Morgan fingerprint density at radius 1 is 1.18 bits per heavy atom. The fourth-order valence-electron chi connectivity index (χ4n) is 2.08. The van der Waals surface area contributed by atoms with Crippen LogP contribution in [0.2, 0.25) is 0 Å². The summed E-state index contributed by atoms with van der Waals surface area (Å²) in [5.41, 5.74) is 0.715. The fourth-order valence-corrected chi connectivity index (χ4v) is 2.85. The van der Waals surface area contributed by atoms with Gasteiger partial charge in [0, 0.05) is 16.4 Å². The summed E-state index contributed by atoms with van der Waals surface area (Å²) in [6.45, 7) is 14.6. The first-order valence-electron chi connectivity index (χ1n) is 7.47. The molecule has 0 aromatic carbocycles. The van der Waals surface area contributed by atoms with Crippen LogP contribution in [0.25, 0.3) is 0 Å². The molecular formula is C17H25N3OS. The van der Waals surface area contributed by atoms with Crippen molar-refractivity contribution in [3.63, 3.8) is 0 Å². The Labute approximate surface area is 136 Å². The molecule has 0 aliphatic heterocycles. The number of rotatable bonds is 2. The van der Waals surface area contributed by atoms with E-state index in [1.165, 1.54) is 11.3 Å². The maximum Gasteiger partial charge on any atom is 0.266 e. The van der Waals surface area contributed by atoms with Crippen molar-refractivity contribution in [3.8, 4) is 0 Å². The highest BCUT2D eigenvalue weighted by atomic mass is 32.1. The lowest BCUT2D eigenvalue weighted by Gasteiger charge is -2.22. The zero-order valence-corrected chi connectivity index (χ0v) is 15.3. The molecule has 0 aliphatic carbocycles. The van der Waals surface area contributed by atoms with Crippen LogP contribution in [0.3, 0.4) is 0 Å². The van der Waals surface area contributed by atoms with Crippen molar-refractivity contribution in [2.45, 2.75) is 59.4 Å². The van der Waals surface area contributed by atoms with Crippen LogP contribution in [-0.4, -0.2) is 15.7 Å². The molecule has 2 aromatic heterocycles. The number of hydrogen-bond donors (Lipinski definition) is 1. The van der Waals surface area contributed by atoms with Crippen LogP contribution in [0.5, 0.6) is 0 Å². The van der Waals surface area contributed by atoms with E-state index in [0.717, 1.165) is 21.3 Å². The minimum Gasteiger partial charge on any atom is -0.306 e. The Kier molecular flexibility index (Phi) is 4.22. The summed E-state index contributed by atoms with van der Waals surface area (Å²) in [5.74, 6) is 0.664. The van der Waals surface area contributed by atoms with Gasteiger partial charge in [-0.2, -0.15) is 5.10 Å². The largest absolute Gasteiger partial charge is 0.306 e. The van der Waals surface area contributed by atoms with Gasteiger partial charge in [0.1, 0.15) is 5.82 Å². The van der Waals surface area contributed by atoms with E-state index < -0.39 is 0 Å². The lowest BCUT2D eigenvalue weighted by molar-refractivity contribution is 0.102. The number of anilines is 1. The molecule has 2 heterocycles. The van der Waals surface area contributed by atoms with Gasteiger partial charge in [0.25, 0.3) is 5.91 Å². The van der Waals surface area contributed by atoms with Gasteiger partial charge in [0.2, 0.25) is 0 Å². The molecule has 0 aliphatic rings. The Bertz CT molecular complexity index is 684. The van der Waals surface area contributed by atoms with Crippen molar-refractivity contribution < 1.29 is 4.79 Å². The number of nitrogens with one attached hydrogen (secondary N) is 1. The SMILES string of the molecule is Cc1ccc(C(=O)Nc2cc(C(C)(C)C)nn2C(C)(C)C)s1. The predicted molar refractivity (Wildman–Crippen MR) is 92.9 cm³/mol. The summed E-state index contributed by atoms with van der Waals surface area (Å²) in [6, 6.07) is 5.79. The Balaban J connectivity index is 2.37. The number of aromatic nitrogens is 2. The maximum absolute atomic E-state index is 12.4. The van der Waals surface area contributed by atoms with Crippen molar-refractivity contribution in [3.05, 3.63) is 33.6 Å². The highest BCUT2D eigenvalue weighted by Gasteiger charge is 2.26. The summed E-state index contributed by atoms with van der Waals surface area (Å²) in [4.78, 5) is 14.3. The second kappa shape index (κ2) is 5.54. The smallest absolute Gasteiger partial charge is 0.266 e. The number of carbonyl (C=O) groups excluding carboxylic acids is 1. The Morgan fingerprint density at radius 3 is 2.27 bits per heavy atom. The first-order chi connectivity index (χ1) is 9.98. The van der Waals surface area contributed by atoms with Gasteiger partial charge in [-0.25, -0.2) is 4.68 Å². The molecule has 2 rings (SSSR count). The molecule has 0 saturated heterocycles. The van der Waals surface area contributed by atoms with E-state index in [1.54, 1.807) is 0 Å². The molecule has 2 aromatic rings. The van der Waals surface area contributed by atoms with Crippen LogP contribution in [0.15, 0.2) is 18.2 Å². The van der Waals surface area contributed by atoms with Crippen molar-refractivity contribution >= 4 is 23.1 Å². The van der Waals surface area contributed by atoms with Crippen LogP contribution in [0, 0.1) is 6.92 Å². The van der Waals surface area contributed by atoms with Crippen molar-refractivity contribution in [1.29, 1.82) is 0 Å². The van der Waals surface area contributed by atoms with Gasteiger partial charge >= 0.3 is 0 Å². The highest BCUT2D eigenvalue weighted by Crippen LogP contribution is 2.28. The topological polar surface area (TPSA) is 46.9 Å². The van der Waals surface area contributed by atoms with E-state index in [-0.39, 0.29) is 16.9 Å². The summed E-state index contributed by atoms with van der Waals surface area (Å²) in [7, 11) is 0. The lowest BCUT2D eigenvalue weighted by Crippen LogP contribution is -2.27. The molecule has 0 spiro atoms. The van der Waals surface area contributed by atoms with Crippen molar-refractivity contribution in [1.82, 2.24) is 9.78 Å². The number of aryl methyl sites for hydroxylation is 1.